The van der Waals surface area contributed by atoms with E-state index in [2.05, 4.69) is 31.4 Å². The van der Waals surface area contributed by atoms with Gasteiger partial charge in [0.1, 0.15) is 5.58 Å². The predicted octanol–water partition coefficient (Wildman–Crippen LogP) is 4.32. The summed E-state index contributed by atoms with van der Waals surface area (Å²) in [4.78, 5) is 12.3. The van der Waals surface area contributed by atoms with E-state index in [9.17, 15) is 4.79 Å². The molecule has 4 rings (SSSR count). The second kappa shape index (κ2) is 4.99. The van der Waals surface area contributed by atoms with Gasteiger partial charge in [-0.2, -0.15) is 5.10 Å². The van der Waals surface area contributed by atoms with Gasteiger partial charge in [-0.25, -0.2) is 0 Å². The van der Waals surface area contributed by atoms with Crippen LogP contribution in [0, 0.1) is 0 Å². The number of aromatic amines is 1. The number of carbonyl (C=O) groups is 1. The lowest BCUT2D eigenvalue weighted by atomic mass is 10.2. The number of halogens is 1. The summed E-state index contributed by atoms with van der Waals surface area (Å²) in [5.74, 6) is -0.0102. The number of nitrogens with zero attached hydrogens (tertiary/aromatic N) is 1. The van der Waals surface area contributed by atoms with Crippen LogP contribution in [0.25, 0.3) is 21.9 Å². The highest BCUT2D eigenvalue weighted by Gasteiger charge is 2.13. The molecule has 0 unspecified atom stereocenters. The normalized spacial score (nSPS) is 11.1. The number of aromatic nitrogens is 2. The summed E-state index contributed by atoms with van der Waals surface area (Å²) >= 11 is 3.38. The van der Waals surface area contributed by atoms with Gasteiger partial charge in [0, 0.05) is 20.9 Å². The molecule has 2 aromatic carbocycles. The molecule has 2 N–H and O–H groups in total. The lowest BCUT2D eigenvalue weighted by molar-refractivity contribution is 0.0998. The van der Waals surface area contributed by atoms with E-state index in [1.54, 1.807) is 12.3 Å². The molecule has 0 aliphatic rings. The molecule has 0 saturated heterocycles. The molecule has 0 aliphatic carbocycles. The predicted molar refractivity (Wildman–Crippen MR) is 88.0 cm³/mol. The first kappa shape index (κ1) is 13.1. The Morgan fingerprint density at radius 2 is 2.00 bits per heavy atom. The van der Waals surface area contributed by atoms with Crippen molar-refractivity contribution in [1.82, 2.24) is 10.2 Å². The summed E-state index contributed by atoms with van der Waals surface area (Å²) in [6.07, 6.45) is 1.73. The van der Waals surface area contributed by atoms with Gasteiger partial charge in [-0.1, -0.05) is 15.9 Å². The van der Waals surface area contributed by atoms with Crippen LogP contribution in [0.4, 0.5) is 5.69 Å². The maximum atomic E-state index is 12.3. The zero-order chi connectivity index (χ0) is 15.1. The standard InChI is InChI=1S/C16H10BrN3O2/c17-11-3-1-9-5-15(22-14(9)6-11)16(21)19-12-4-2-10-8-18-20-13(10)7-12/h1-8H,(H,18,20)(H,19,21). The van der Waals surface area contributed by atoms with Gasteiger partial charge in [-0.3, -0.25) is 9.89 Å². The van der Waals surface area contributed by atoms with Crippen molar-refractivity contribution < 1.29 is 9.21 Å². The fourth-order valence-corrected chi connectivity index (χ4v) is 2.66. The molecule has 2 heterocycles. The SMILES string of the molecule is O=C(Nc1ccc2cn[nH]c2c1)c1cc2ccc(Br)cc2o1. The van der Waals surface area contributed by atoms with Gasteiger partial charge >= 0.3 is 0 Å². The smallest absolute Gasteiger partial charge is 0.291 e. The van der Waals surface area contributed by atoms with Crippen LogP contribution in [0.3, 0.4) is 0 Å². The Morgan fingerprint density at radius 1 is 1.14 bits per heavy atom. The highest BCUT2D eigenvalue weighted by Crippen LogP contribution is 2.24. The van der Waals surface area contributed by atoms with Crippen molar-refractivity contribution in [2.75, 3.05) is 5.32 Å². The van der Waals surface area contributed by atoms with Gasteiger partial charge in [0.15, 0.2) is 5.76 Å². The first-order valence-corrected chi connectivity index (χ1v) is 7.42. The first-order valence-electron chi connectivity index (χ1n) is 6.63. The van der Waals surface area contributed by atoms with Crippen LogP contribution in [0.15, 0.2) is 57.6 Å². The Bertz CT molecular complexity index is 1000. The molecule has 108 valence electrons. The first-order chi connectivity index (χ1) is 10.7. The third kappa shape index (κ3) is 2.27. The van der Waals surface area contributed by atoms with E-state index in [0.29, 0.717) is 11.3 Å². The van der Waals surface area contributed by atoms with Crippen LogP contribution in [0.5, 0.6) is 0 Å². The van der Waals surface area contributed by atoms with E-state index in [-0.39, 0.29) is 11.7 Å². The van der Waals surface area contributed by atoms with Gasteiger partial charge in [0.25, 0.3) is 5.91 Å². The highest BCUT2D eigenvalue weighted by molar-refractivity contribution is 9.10. The molecular formula is C16H10BrN3O2. The lowest BCUT2D eigenvalue weighted by Crippen LogP contribution is -2.10. The fraction of sp³-hybridized carbons (Fsp3) is 0. The average molecular weight is 356 g/mol. The summed E-state index contributed by atoms with van der Waals surface area (Å²) < 4.78 is 6.50. The third-order valence-electron chi connectivity index (χ3n) is 3.41. The minimum Gasteiger partial charge on any atom is -0.451 e. The van der Waals surface area contributed by atoms with Crippen LogP contribution < -0.4 is 5.32 Å². The maximum absolute atomic E-state index is 12.3. The van der Waals surface area contributed by atoms with Gasteiger partial charge in [0.05, 0.1) is 11.7 Å². The number of fused-ring (bicyclic) bond motifs is 2. The van der Waals surface area contributed by atoms with Crippen LogP contribution in [-0.2, 0) is 0 Å². The maximum Gasteiger partial charge on any atom is 0.291 e. The lowest BCUT2D eigenvalue weighted by Gasteiger charge is -2.02. The average Bonchev–Trinajstić information content (AvgIpc) is 3.12. The second-order valence-electron chi connectivity index (χ2n) is 4.92. The number of furan rings is 1. The molecule has 1 amide bonds. The molecule has 4 aromatic rings. The quantitative estimate of drug-likeness (QED) is 0.562. The van der Waals surface area contributed by atoms with E-state index < -0.39 is 0 Å². The molecule has 22 heavy (non-hydrogen) atoms. The Kier molecular flexibility index (Phi) is 2.97. The summed E-state index contributed by atoms with van der Waals surface area (Å²) in [6, 6.07) is 12.9. The van der Waals surface area contributed by atoms with E-state index in [4.69, 9.17) is 4.42 Å². The molecule has 0 radical (unpaired) electrons. The third-order valence-corrected chi connectivity index (χ3v) is 3.90. The Morgan fingerprint density at radius 3 is 2.91 bits per heavy atom. The Balaban J connectivity index is 1.64. The van der Waals surface area contributed by atoms with Crippen molar-refractivity contribution in [3.63, 3.8) is 0 Å². The van der Waals surface area contributed by atoms with E-state index in [1.165, 1.54) is 0 Å². The van der Waals surface area contributed by atoms with Crippen LogP contribution in [0.2, 0.25) is 0 Å². The van der Waals surface area contributed by atoms with Crippen molar-refractivity contribution in [2.24, 2.45) is 0 Å². The monoisotopic (exact) mass is 355 g/mol. The van der Waals surface area contributed by atoms with Crippen molar-refractivity contribution in [3.05, 3.63) is 58.9 Å². The Labute approximate surface area is 133 Å². The van der Waals surface area contributed by atoms with Crippen LogP contribution in [-0.4, -0.2) is 16.1 Å². The minimum atomic E-state index is -0.286. The van der Waals surface area contributed by atoms with E-state index in [0.717, 1.165) is 20.8 Å². The van der Waals surface area contributed by atoms with E-state index in [1.807, 2.05) is 36.4 Å². The van der Waals surface area contributed by atoms with Crippen molar-refractivity contribution in [2.45, 2.75) is 0 Å². The zero-order valence-electron chi connectivity index (χ0n) is 11.3. The zero-order valence-corrected chi connectivity index (χ0v) is 12.8. The summed E-state index contributed by atoms with van der Waals surface area (Å²) in [5, 5.41) is 11.5. The van der Waals surface area contributed by atoms with Gasteiger partial charge in [0.2, 0.25) is 0 Å². The summed E-state index contributed by atoms with van der Waals surface area (Å²) in [7, 11) is 0. The topological polar surface area (TPSA) is 70.9 Å². The van der Waals surface area contributed by atoms with E-state index >= 15 is 0 Å². The number of nitrogens with one attached hydrogen (secondary N) is 2. The molecule has 0 spiro atoms. The molecule has 0 aliphatic heterocycles. The number of carbonyl (C=O) groups excluding carboxylic acids is 1. The van der Waals surface area contributed by atoms with Crippen molar-refractivity contribution >= 4 is 49.4 Å². The van der Waals surface area contributed by atoms with Crippen molar-refractivity contribution in [1.29, 1.82) is 0 Å². The Hall–Kier alpha value is -2.60. The molecule has 0 atom stereocenters. The molecule has 6 heteroatoms. The fourth-order valence-electron chi connectivity index (χ4n) is 2.32. The molecule has 0 saturated carbocycles. The van der Waals surface area contributed by atoms with Crippen molar-refractivity contribution in [3.8, 4) is 0 Å². The van der Waals surface area contributed by atoms with Crippen LogP contribution in [0.1, 0.15) is 10.6 Å². The number of rotatable bonds is 2. The number of anilines is 1. The van der Waals surface area contributed by atoms with Gasteiger partial charge in [-0.05, 0) is 42.5 Å². The molecular weight excluding hydrogens is 346 g/mol. The molecule has 0 fully saturated rings. The summed E-state index contributed by atoms with van der Waals surface area (Å²) in [6.45, 7) is 0. The number of benzene rings is 2. The number of hydrogen-bond donors (Lipinski definition) is 2. The highest BCUT2D eigenvalue weighted by atomic mass is 79.9. The second-order valence-corrected chi connectivity index (χ2v) is 5.83. The van der Waals surface area contributed by atoms with Crippen LogP contribution >= 0.6 is 15.9 Å². The number of hydrogen-bond acceptors (Lipinski definition) is 3. The molecule has 5 nitrogen and oxygen atoms in total. The number of amides is 1. The van der Waals surface area contributed by atoms with Gasteiger partial charge < -0.3 is 9.73 Å². The van der Waals surface area contributed by atoms with Gasteiger partial charge in [-0.15, -0.1) is 0 Å². The minimum absolute atomic E-state index is 0.276. The summed E-state index contributed by atoms with van der Waals surface area (Å²) in [5.41, 5.74) is 2.22. The number of H-pyrrole nitrogens is 1. The largest absolute Gasteiger partial charge is 0.451 e. The molecule has 0 bridgehead atoms. The molecule has 2 aromatic heterocycles.